The lowest BCUT2D eigenvalue weighted by Gasteiger charge is -2.18. The van der Waals surface area contributed by atoms with Crippen LogP contribution in [0.5, 0.6) is 5.75 Å². The summed E-state index contributed by atoms with van der Waals surface area (Å²) in [6.07, 6.45) is 0. The van der Waals surface area contributed by atoms with Gasteiger partial charge in [0, 0.05) is 15.4 Å². The van der Waals surface area contributed by atoms with Crippen molar-refractivity contribution in [3.63, 3.8) is 0 Å². The summed E-state index contributed by atoms with van der Waals surface area (Å²) in [5.41, 5.74) is 1.30. The van der Waals surface area contributed by atoms with Gasteiger partial charge in [-0.05, 0) is 43.3 Å². The van der Waals surface area contributed by atoms with E-state index in [1.165, 1.54) is 10.5 Å². The third kappa shape index (κ3) is 4.25. The van der Waals surface area contributed by atoms with Crippen molar-refractivity contribution in [2.75, 3.05) is 13.7 Å². The van der Waals surface area contributed by atoms with Crippen LogP contribution in [0, 0.1) is 0 Å². The molecule has 1 atom stereocenters. The highest BCUT2D eigenvalue weighted by molar-refractivity contribution is 9.10. The molecule has 0 bridgehead atoms. The lowest BCUT2D eigenvalue weighted by molar-refractivity contribution is 0.405. The van der Waals surface area contributed by atoms with Gasteiger partial charge in [0.2, 0.25) is 0 Å². The summed E-state index contributed by atoms with van der Waals surface area (Å²) in [6.45, 7) is 5.28. The van der Waals surface area contributed by atoms with E-state index < -0.39 is 0 Å². The van der Waals surface area contributed by atoms with E-state index >= 15 is 0 Å². The van der Waals surface area contributed by atoms with Crippen molar-refractivity contribution in [1.82, 2.24) is 5.32 Å². The van der Waals surface area contributed by atoms with Crippen molar-refractivity contribution >= 4 is 27.7 Å². The molecule has 0 radical (unpaired) electrons. The number of halogens is 1. The van der Waals surface area contributed by atoms with Crippen LogP contribution in [0.2, 0.25) is 0 Å². The predicted octanol–water partition coefficient (Wildman–Crippen LogP) is 5.28. The van der Waals surface area contributed by atoms with Gasteiger partial charge in [0.25, 0.3) is 0 Å². The summed E-state index contributed by atoms with van der Waals surface area (Å²) in [7, 11) is 1.71. The largest absolute Gasteiger partial charge is 0.496 e. The molecule has 0 amide bonds. The zero-order valence-electron chi connectivity index (χ0n) is 12.5. The lowest BCUT2D eigenvalue weighted by Crippen LogP contribution is -2.18. The summed E-state index contributed by atoms with van der Waals surface area (Å²) in [5, 5.41) is 3.48. The Bertz CT molecular complexity index is 603. The average molecular weight is 366 g/mol. The van der Waals surface area contributed by atoms with Gasteiger partial charge < -0.3 is 10.1 Å². The van der Waals surface area contributed by atoms with E-state index in [-0.39, 0.29) is 0 Å². The van der Waals surface area contributed by atoms with E-state index in [0.717, 1.165) is 21.7 Å². The Labute approximate surface area is 139 Å². The van der Waals surface area contributed by atoms with Crippen LogP contribution >= 0.6 is 27.7 Å². The predicted molar refractivity (Wildman–Crippen MR) is 93.4 cm³/mol. The third-order valence-corrected chi connectivity index (χ3v) is 4.87. The molecule has 2 aromatic rings. The molecule has 21 heavy (non-hydrogen) atoms. The number of hydrogen-bond acceptors (Lipinski definition) is 3. The van der Waals surface area contributed by atoms with Crippen LogP contribution in [0.1, 0.15) is 25.5 Å². The first-order chi connectivity index (χ1) is 10.2. The maximum Gasteiger partial charge on any atom is 0.132 e. The Morgan fingerprint density at radius 1 is 1.19 bits per heavy atom. The Balaban J connectivity index is 2.36. The molecule has 2 rings (SSSR count). The monoisotopic (exact) mass is 365 g/mol. The number of hydrogen-bond donors (Lipinski definition) is 1. The highest BCUT2D eigenvalue weighted by Crippen LogP contribution is 2.39. The topological polar surface area (TPSA) is 21.3 Å². The highest BCUT2D eigenvalue weighted by atomic mass is 79.9. The zero-order chi connectivity index (χ0) is 15.2. The second-order valence-electron chi connectivity index (χ2n) is 4.71. The molecule has 2 nitrogen and oxygen atoms in total. The minimum atomic E-state index is 0.320. The number of nitrogens with one attached hydrogen (secondary N) is 1. The smallest absolute Gasteiger partial charge is 0.132 e. The average Bonchev–Trinajstić information content (AvgIpc) is 2.48. The fourth-order valence-corrected chi connectivity index (χ4v) is 3.89. The van der Waals surface area contributed by atoms with Gasteiger partial charge in [-0.25, -0.2) is 0 Å². The zero-order valence-corrected chi connectivity index (χ0v) is 14.9. The van der Waals surface area contributed by atoms with Gasteiger partial charge in [0.1, 0.15) is 5.75 Å². The Kier molecular flexibility index (Phi) is 6.15. The second kappa shape index (κ2) is 7.87. The highest BCUT2D eigenvalue weighted by Gasteiger charge is 2.13. The van der Waals surface area contributed by atoms with Gasteiger partial charge in [-0.15, -0.1) is 0 Å². The number of rotatable bonds is 6. The fraction of sp³-hybridized carbons (Fsp3) is 0.294. The van der Waals surface area contributed by atoms with Gasteiger partial charge in [-0.3, -0.25) is 0 Å². The first-order valence-corrected chi connectivity index (χ1v) is 8.60. The normalized spacial score (nSPS) is 12.2. The molecule has 112 valence electrons. The Hall–Kier alpha value is -0.970. The van der Waals surface area contributed by atoms with Crippen molar-refractivity contribution in [3.8, 4) is 5.75 Å². The number of benzene rings is 2. The standard InChI is InChI=1S/C17H20BrNOS/c1-4-19-12(2)14-10-9-13(18)11-17(14)21-16-8-6-5-7-15(16)20-3/h5-12,19H,4H2,1-3H3. The van der Waals surface area contributed by atoms with Gasteiger partial charge >= 0.3 is 0 Å². The van der Waals surface area contributed by atoms with Crippen LogP contribution in [0.15, 0.2) is 56.7 Å². The molecule has 0 aromatic heterocycles. The number of para-hydroxylation sites is 1. The summed E-state index contributed by atoms with van der Waals surface area (Å²) >= 11 is 5.31. The van der Waals surface area contributed by atoms with Gasteiger partial charge in [0.15, 0.2) is 0 Å². The van der Waals surface area contributed by atoms with E-state index in [1.807, 2.05) is 18.2 Å². The molecule has 0 aliphatic heterocycles. The Morgan fingerprint density at radius 3 is 2.67 bits per heavy atom. The molecular formula is C17H20BrNOS. The molecule has 1 unspecified atom stereocenters. The molecule has 0 spiro atoms. The summed E-state index contributed by atoms with van der Waals surface area (Å²) < 4.78 is 6.54. The minimum absolute atomic E-state index is 0.320. The van der Waals surface area contributed by atoms with Gasteiger partial charge in [0.05, 0.1) is 12.0 Å². The molecule has 0 saturated heterocycles. The van der Waals surface area contributed by atoms with Crippen LogP contribution in [-0.4, -0.2) is 13.7 Å². The van der Waals surface area contributed by atoms with Crippen LogP contribution < -0.4 is 10.1 Å². The van der Waals surface area contributed by atoms with Crippen molar-refractivity contribution < 1.29 is 4.74 Å². The number of ether oxygens (including phenoxy) is 1. The first kappa shape index (κ1) is 16.4. The van der Waals surface area contributed by atoms with E-state index in [0.29, 0.717) is 6.04 Å². The van der Waals surface area contributed by atoms with Crippen LogP contribution in [0.25, 0.3) is 0 Å². The van der Waals surface area contributed by atoms with Gasteiger partial charge in [-0.1, -0.05) is 52.8 Å². The molecule has 0 aliphatic rings. The van der Waals surface area contributed by atoms with E-state index in [1.54, 1.807) is 18.9 Å². The van der Waals surface area contributed by atoms with Crippen LogP contribution in [-0.2, 0) is 0 Å². The van der Waals surface area contributed by atoms with E-state index in [4.69, 9.17) is 4.74 Å². The maximum atomic E-state index is 5.45. The summed E-state index contributed by atoms with van der Waals surface area (Å²) in [6, 6.07) is 14.9. The Morgan fingerprint density at radius 2 is 1.95 bits per heavy atom. The van der Waals surface area contributed by atoms with Crippen LogP contribution in [0.3, 0.4) is 0 Å². The van der Waals surface area contributed by atoms with Crippen molar-refractivity contribution in [1.29, 1.82) is 0 Å². The molecule has 1 N–H and O–H groups in total. The summed E-state index contributed by atoms with van der Waals surface area (Å²) in [5.74, 6) is 0.907. The van der Waals surface area contributed by atoms with Gasteiger partial charge in [-0.2, -0.15) is 0 Å². The second-order valence-corrected chi connectivity index (χ2v) is 6.71. The maximum absolute atomic E-state index is 5.45. The number of methoxy groups -OCH3 is 1. The molecule has 0 saturated carbocycles. The minimum Gasteiger partial charge on any atom is -0.496 e. The fourth-order valence-electron chi connectivity index (χ4n) is 2.19. The van der Waals surface area contributed by atoms with E-state index in [2.05, 4.69) is 59.4 Å². The summed E-state index contributed by atoms with van der Waals surface area (Å²) in [4.78, 5) is 2.37. The van der Waals surface area contributed by atoms with Crippen molar-refractivity contribution in [2.24, 2.45) is 0 Å². The van der Waals surface area contributed by atoms with Crippen molar-refractivity contribution in [3.05, 3.63) is 52.5 Å². The quantitative estimate of drug-likeness (QED) is 0.752. The molecule has 0 fully saturated rings. The van der Waals surface area contributed by atoms with Crippen molar-refractivity contribution in [2.45, 2.75) is 29.7 Å². The molecule has 0 heterocycles. The van der Waals surface area contributed by atoms with Crippen LogP contribution in [0.4, 0.5) is 0 Å². The molecular weight excluding hydrogens is 346 g/mol. The SMILES string of the molecule is CCNC(C)c1ccc(Br)cc1Sc1ccccc1OC. The molecule has 0 aliphatic carbocycles. The lowest BCUT2D eigenvalue weighted by atomic mass is 10.1. The third-order valence-electron chi connectivity index (χ3n) is 3.24. The van der Waals surface area contributed by atoms with E-state index in [9.17, 15) is 0 Å². The molecule has 4 heteroatoms. The molecule has 2 aromatic carbocycles. The first-order valence-electron chi connectivity index (χ1n) is 6.99.